The zero-order valence-electron chi connectivity index (χ0n) is 18.0. The Hall–Kier alpha value is -2.10. The highest BCUT2D eigenvalue weighted by molar-refractivity contribution is 14.0. The molecule has 168 valence electrons. The summed E-state index contributed by atoms with van der Waals surface area (Å²) in [5, 5.41) is 6.43. The Morgan fingerprint density at radius 2 is 1.68 bits per heavy atom. The van der Waals surface area contributed by atoms with Crippen LogP contribution < -0.4 is 15.4 Å². The summed E-state index contributed by atoms with van der Waals surface area (Å²) in [6, 6.07) is 8.01. The fourth-order valence-corrected chi connectivity index (χ4v) is 4.79. The van der Waals surface area contributed by atoms with Gasteiger partial charge >= 0.3 is 0 Å². The van der Waals surface area contributed by atoms with E-state index in [1.165, 1.54) is 10.5 Å². The highest BCUT2D eigenvalue weighted by Crippen LogP contribution is 2.52. The van der Waals surface area contributed by atoms with Crippen LogP contribution in [0.3, 0.4) is 0 Å². The second kappa shape index (κ2) is 10.5. The van der Waals surface area contributed by atoms with E-state index in [1.54, 1.807) is 7.05 Å². The maximum atomic E-state index is 12.7. The van der Waals surface area contributed by atoms with E-state index in [0.717, 1.165) is 18.6 Å². The van der Waals surface area contributed by atoms with Crippen molar-refractivity contribution < 1.29 is 14.3 Å². The number of allylic oxidation sites excluding steroid dienone is 2. The van der Waals surface area contributed by atoms with Gasteiger partial charge in [0.15, 0.2) is 5.96 Å². The van der Waals surface area contributed by atoms with Crippen molar-refractivity contribution in [2.75, 3.05) is 33.3 Å². The molecule has 1 saturated heterocycles. The molecule has 1 saturated carbocycles. The molecule has 31 heavy (non-hydrogen) atoms. The predicted molar refractivity (Wildman–Crippen MR) is 131 cm³/mol. The van der Waals surface area contributed by atoms with E-state index in [1.807, 2.05) is 24.3 Å². The lowest BCUT2D eigenvalue weighted by Crippen LogP contribution is -2.44. The molecule has 2 aliphatic carbocycles. The van der Waals surface area contributed by atoms with Gasteiger partial charge in [0.1, 0.15) is 5.75 Å². The van der Waals surface area contributed by atoms with Gasteiger partial charge in [-0.15, -0.1) is 24.0 Å². The van der Waals surface area contributed by atoms with Crippen LogP contribution in [0.5, 0.6) is 5.75 Å². The second-order valence-corrected chi connectivity index (χ2v) is 8.27. The van der Waals surface area contributed by atoms with E-state index >= 15 is 0 Å². The van der Waals surface area contributed by atoms with Crippen LogP contribution in [0.25, 0.3) is 0 Å². The number of amides is 2. The molecule has 1 aliphatic heterocycles. The van der Waals surface area contributed by atoms with Crippen LogP contribution in [0.2, 0.25) is 0 Å². The monoisotopic (exact) mass is 538 g/mol. The number of fused-ring (bicyclic) bond motifs is 5. The number of hydrogen-bond donors (Lipinski definition) is 2. The number of nitrogens with one attached hydrogen (secondary N) is 2. The Morgan fingerprint density at radius 3 is 2.29 bits per heavy atom. The van der Waals surface area contributed by atoms with Gasteiger partial charge in [-0.1, -0.05) is 29.8 Å². The van der Waals surface area contributed by atoms with E-state index in [0.29, 0.717) is 32.2 Å². The number of likely N-dealkylation sites (tertiary alicyclic amines) is 1. The molecular formula is C23H31IN4O3. The second-order valence-electron chi connectivity index (χ2n) is 8.27. The minimum absolute atomic E-state index is 0. The summed E-state index contributed by atoms with van der Waals surface area (Å²) in [5.74, 6) is 1.79. The maximum absolute atomic E-state index is 12.7. The molecule has 1 heterocycles. The van der Waals surface area contributed by atoms with Crippen LogP contribution in [0, 0.1) is 30.6 Å². The Labute approximate surface area is 200 Å². The fourth-order valence-electron chi connectivity index (χ4n) is 4.79. The van der Waals surface area contributed by atoms with Gasteiger partial charge in [0.05, 0.1) is 18.4 Å². The summed E-state index contributed by atoms with van der Waals surface area (Å²) in [5.41, 5.74) is 1.21. The number of benzene rings is 1. The standard InChI is InChI=1S/C23H30N4O3.HI/c1-15-4-8-18(9-5-15)30-13-3-10-25-23(24-2)26-11-12-27-21(28)19-16-6-7-17(14-16)20(19)22(27)29;/h4-9,16-17,19-20H,3,10-14H2,1-2H3,(H2,24,25,26);1H. The normalized spacial score (nSPS) is 26.1. The quantitative estimate of drug-likeness (QED) is 0.133. The average Bonchev–Trinajstić information content (AvgIpc) is 3.43. The molecule has 2 amide bonds. The maximum Gasteiger partial charge on any atom is 0.233 e. The molecule has 1 aromatic rings. The molecule has 7 nitrogen and oxygen atoms in total. The zero-order valence-corrected chi connectivity index (χ0v) is 20.4. The number of aryl methyl sites for hydroxylation is 1. The first-order valence-corrected chi connectivity index (χ1v) is 10.8. The first kappa shape index (κ1) is 23.6. The smallest absolute Gasteiger partial charge is 0.233 e. The Morgan fingerprint density at radius 1 is 1.06 bits per heavy atom. The van der Waals surface area contributed by atoms with Crippen molar-refractivity contribution in [2.24, 2.45) is 28.7 Å². The van der Waals surface area contributed by atoms with Crippen LogP contribution in [-0.2, 0) is 9.59 Å². The molecule has 0 spiro atoms. The topological polar surface area (TPSA) is 83.0 Å². The van der Waals surface area contributed by atoms with Gasteiger partial charge in [-0.25, -0.2) is 0 Å². The first-order valence-electron chi connectivity index (χ1n) is 10.8. The van der Waals surface area contributed by atoms with Gasteiger partial charge in [-0.2, -0.15) is 0 Å². The predicted octanol–water partition coefficient (Wildman–Crippen LogP) is 2.35. The number of imide groups is 1. The molecule has 0 aromatic heterocycles. The lowest BCUT2D eigenvalue weighted by atomic mass is 9.85. The van der Waals surface area contributed by atoms with Crippen LogP contribution in [-0.4, -0.2) is 56.0 Å². The number of nitrogens with zero attached hydrogens (tertiary/aromatic N) is 2. The molecule has 4 rings (SSSR count). The molecule has 3 aliphatic rings. The van der Waals surface area contributed by atoms with Crippen LogP contribution >= 0.6 is 24.0 Å². The third kappa shape index (κ3) is 5.05. The molecule has 2 bridgehead atoms. The Balaban J connectivity index is 0.00000272. The number of aliphatic imine (C=N–C) groups is 1. The fraction of sp³-hybridized carbons (Fsp3) is 0.522. The zero-order chi connectivity index (χ0) is 21.1. The van der Waals surface area contributed by atoms with Gasteiger partial charge in [0.25, 0.3) is 0 Å². The lowest BCUT2D eigenvalue weighted by Gasteiger charge is -2.18. The van der Waals surface area contributed by atoms with Crippen LogP contribution in [0.15, 0.2) is 41.4 Å². The Kier molecular flexibility index (Phi) is 7.96. The van der Waals surface area contributed by atoms with Gasteiger partial charge in [-0.3, -0.25) is 19.5 Å². The van der Waals surface area contributed by atoms with Crippen molar-refractivity contribution in [3.8, 4) is 5.75 Å². The van der Waals surface area contributed by atoms with Crippen molar-refractivity contribution in [1.82, 2.24) is 15.5 Å². The molecule has 2 N–H and O–H groups in total. The molecular weight excluding hydrogens is 507 g/mol. The summed E-state index contributed by atoms with van der Waals surface area (Å²) in [7, 11) is 1.71. The van der Waals surface area contributed by atoms with Gasteiger partial charge in [0, 0.05) is 26.7 Å². The van der Waals surface area contributed by atoms with Crippen molar-refractivity contribution in [3.63, 3.8) is 0 Å². The minimum atomic E-state index is -0.126. The van der Waals surface area contributed by atoms with Crippen molar-refractivity contribution >= 4 is 41.8 Å². The average molecular weight is 538 g/mol. The van der Waals surface area contributed by atoms with E-state index in [9.17, 15) is 9.59 Å². The molecule has 1 aromatic carbocycles. The highest BCUT2D eigenvalue weighted by Gasteiger charge is 2.58. The van der Waals surface area contributed by atoms with Crippen LogP contribution in [0.1, 0.15) is 18.4 Å². The third-order valence-electron chi connectivity index (χ3n) is 6.32. The first-order chi connectivity index (χ1) is 14.6. The number of carbonyl (C=O) groups is 2. The van der Waals surface area contributed by atoms with E-state index < -0.39 is 0 Å². The number of guanidine groups is 1. The summed E-state index contributed by atoms with van der Waals surface area (Å²) in [6.07, 6.45) is 6.03. The van der Waals surface area contributed by atoms with Crippen molar-refractivity contribution in [2.45, 2.75) is 19.8 Å². The van der Waals surface area contributed by atoms with Gasteiger partial charge in [0.2, 0.25) is 11.8 Å². The highest BCUT2D eigenvalue weighted by atomic mass is 127. The lowest BCUT2D eigenvalue weighted by molar-refractivity contribution is -0.140. The number of halogens is 1. The number of rotatable bonds is 8. The summed E-state index contributed by atoms with van der Waals surface area (Å²) < 4.78 is 5.72. The van der Waals surface area contributed by atoms with Crippen molar-refractivity contribution in [3.05, 3.63) is 42.0 Å². The molecule has 8 heteroatoms. The largest absolute Gasteiger partial charge is 0.494 e. The van der Waals surface area contributed by atoms with Gasteiger partial charge < -0.3 is 15.4 Å². The van der Waals surface area contributed by atoms with Crippen LogP contribution in [0.4, 0.5) is 0 Å². The number of carbonyl (C=O) groups excluding carboxylic acids is 2. The van der Waals surface area contributed by atoms with Gasteiger partial charge in [-0.05, 0) is 43.7 Å². The number of ether oxygens (including phenoxy) is 1. The van der Waals surface area contributed by atoms with Crippen molar-refractivity contribution in [1.29, 1.82) is 0 Å². The summed E-state index contributed by atoms with van der Waals surface area (Å²) in [4.78, 5) is 31.0. The number of hydrogen-bond acceptors (Lipinski definition) is 4. The third-order valence-corrected chi connectivity index (χ3v) is 6.32. The minimum Gasteiger partial charge on any atom is -0.494 e. The molecule has 4 unspecified atom stereocenters. The summed E-state index contributed by atoms with van der Waals surface area (Å²) in [6.45, 7) is 4.24. The molecule has 4 atom stereocenters. The van der Waals surface area contributed by atoms with E-state index in [4.69, 9.17) is 4.74 Å². The Bertz CT molecular complexity index is 825. The van der Waals surface area contributed by atoms with E-state index in [2.05, 4.69) is 34.7 Å². The SMILES string of the molecule is CN=C(NCCCOc1ccc(C)cc1)NCCN1C(=O)C2C3C=CC(C3)C2C1=O.I. The molecule has 0 radical (unpaired) electrons. The summed E-state index contributed by atoms with van der Waals surface area (Å²) >= 11 is 0. The van der Waals surface area contributed by atoms with E-state index in [-0.39, 0.29) is 59.5 Å². The molecule has 2 fully saturated rings.